The standard InChI is InChI=1S/C13H18FNO2/c14-12-6-9(4-5-13(12)17)8-15-10-2-1-3-11(16)7-10/h4-6,10-11,15-17H,1-3,7-8H2. The Bertz CT molecular complexity index is 384. The molecule has 0 aromatic heterocycles. The fraction of sp³-hybridized carbons (Fsp3) is 0.538. The van der Waals surface area contributed by atoms with E-state index in [2.05, 4.69) is 5.32 Å². The highest BCUT2D eigenvalue weighted by Gasteiger charge is 2.19. The highest BCUT2D eigenvalue weighted by Crippen LogP contribution is 2.20. The highest BCUT2D eigenvalue weighted by atomic mass is 19.1. The summed E-state index contributed by atoms with van der Waals surface area (Å²) in [6.07, 6.45) is 3.52. The molecule has 0 heterocycles. The van der Waals surface area contributed by atoms with Crippen LogP contribution in [-0.4, -0.2) is 22.4 Å². The molecule has 1 aliphatic carbocycles. The Morgan fingerprint density at radius 1 is 1.35 bits per heavy atom. The van der Waals surface area contributed by atoms with Gasteiger partial charge >= 0.3 is 0 Å². The van der Waals surface area contributed by atoms with Crippen molar-refractivity contribution in [3.63, 3.8) is 0 Å². The summed E-state index contributed by atoms with van der Waals surface area (Å²) < 4.78 is 13.1. The van der Waals surface area contributed by atoms with Crippen LogP contribution in [0.1, 0.15) is 31.2 Å². The fourth-order valence-electron chi connectivity index (χ4n) is 2.27. The minimum absolute atomic E-state index is 0.210. The molecular weight excluding hydrogens is 221 g/mol. The Labute approximate surface area is 100 Å². The molecule has 2 unspecified atom stereocenters. The second-order valence-corrected chi connectivity index (χ2v) is 4.68. The SMILES string of the molecule is Oc1ccc(CNC2CCCC(O)C2)cc1F. The molecule has 94 valence electrons. The Morgan fingerprint density at radius 3 is 2.88 bits per heavy atom. The maximum absolute atomic E-state index is 13.1. The first-order valence-corrected chi connectivity index (χ1v) is 6.04. The first-order valence-electron chi connectivity index (χ1n) is 6.04. The predicted molar refractivity (Wildman–Crippen MR) is 63.2 cm³/mol. The molecule has 2 atom stereocenters. The van der Waals surface area contributed by atoms with Crippen LogP contribution in [0.5, 0.6) is 5.75 Å². The van der Waals surface area contributed by atoms with Gasteiger partial charge in [-0.3, -0.25) is 0 Å². The first kappa shape index (κ1) is 12.3. The lowest BCUT2D eigenvalue weighted by Gasteiger charge is -2.26. The molecule has 17 heavy (non-hydrogen) atoms. The van der Waals surface area contributed by atoms with Crippen LogP contribution >= 0.6 is 0 Å². The van der Waals surface area contributed by atoms with E-state index in [1.165, 1.54) is 12.1 Å². The molecule has 1 aromatic carbocycles. The summed E-state index contributed by atoms with van der Waals surface area (Å²) in [5.41, 5.74) is 0.806. The third-order valence-electron chi connectivity index (χ3n) is 3.25. The summed E-state index contributed by atoms with van der Waals surface area (Å²) in [4.78, 5) is 0. The van der Waals surface area contributed by atoms with Gasteiger partial charge in [0.1, 0.15) is 0 Å². The van der Waals surface area contributed by atoms with Gasteiger partial charge in [-0.25, -0.2) is 4.39 Å². The molecule has 1 aliphatic rings. The Hall–Kier alpha value is -1.13. The number of rotatable bonds is 3. The molecule has 3 N–H and O–H groups in total. The van der Waals surface area contributed by atoms with E-state index in [-0.39, 0.29) is 11.9 Å². The molecule has 2 rings (SSSR count). The lowest BCUT2D eigenvalue weighted by atomic mass is 9.93. The summed E-state index contributed by atoms with van der Waals surface area (Å²) >= 11 is 0. The van der Waals surface area contributed by atoms with Crippen molar-refractivity contribution in [1.29, 1.82) is 0 Å². The number of aliphatic hydroxyl groups excluding tert-OH is 1. The monoisotopic (exact) mass is 239 g/mol. The van der Waals surface area contributed by atoms with Gasteiger partial charge in [0.05, 0.1) is 6.10 Å². The summed E-state index contributed by atoms with van der Waals surface area (Å²) in [6, 6.07) is 4.70. The van der Waals surface area contributed by atoms with E-state index >= 15 is 0 Å². The van der Waals surface area contributed by atoms with E-state index in [9.17, 15) is 9.50 Å². The number of hydrogen-bond donors (Lipinski definition) is 3. The van der Waals surface area contributed by atoms with Gasteiger partial charge in [-0.15, -0.1) is 0 Å². The number of phenols is 1. The van der Waals surface area contributed by atoms with Crippen LogP contribution in [0.2, 0.25) is 0 Å². The number of aliphatic hydroxyl groups is 1. The minimum Gasteiger partial charge on any atom is -0.505 e. The van der Waals surface area contributed by atoms with Crippen molar-refractivity contribution in [2.24, 2.45) is 0 Å². The van der Waals surface area contributed by atoms with E-state index in [0.29, 0.717) is 12.6 Å². The van der Waals surface area contributed by atoms with Gasteiger partial charge in [-0.2, -0.15) is 0 Å². The van der Waals surface area contributed by atoms with Crippen molar-refractivity contribution in [3.8, 4) is 5.75 Å². The zero-order chi connectivity index (χ0) is 12.3. The maximum Gasteiger partial charge on any atom is 0.165 e. The van der Waals surface area contributed by atoms with Crippen LogP contribution in [0.25, 0.3) is 0 Å². The quantitative estimate of drug-likeness (QED) is 0.755. The van der Waals surface area contributed by atoms with Crippen molar-refractivity contribution in [2.75, 3.05) is 0 Å². The molecule has 3 nitrogen and oxygen atoms in total. The van der Waals surface area contributed by atoms with Gasteiger partial charge in [0.25, 0.3) is 0 Å². The molecule has 0 spiro atoms. The van der Waals surface area contributed by atoms with Crippen LogP contribution in [0.3, 0.4) is 0 Å². The summed E-state index contributed by atoms with van der Waals surface area (Å²) in [6.45, 7) is 0.564. The third kappa shape index (κ3) is 3.41. The number of hydrogen-bond acceptors (Lipinski definition) is 3. The molecule has 1 fully saturated rings. The smallest absolute Gasteiger partial charge is 0.165 e. The Morgan fingerprint density at radius 2 is 2.18 bits per heavy atom. The molecule has 0 amide bonds. The van der Waals surface area contributed by atoms with Gasteiger partial charge in [0.2, 0.25) is 0 Å². The topological polar surface area (TPSA) is 52.5 Å². The van der Waals surface area contributed by atoms with E-state index < -0.39 is 5.82 Å². The maximum atomic E-state index is 13.1. The van der Waals surface area contributed by atoms with Gasteiger partial charge < -0.3 is 15.5 Å². The number of nitrogens with one attached hydrogen (secondary N) is 1. The normalized spacial score (nSPS) is 24.8. The van der Waals surface area contributed by atoms with E-state index in [0.717, 1.165) is 31.2 Å². The van der Waals surface area contributed by atoms with Crippen LogP contribution in [0.15, 0.2) is 18.2 Å². The molecule has 1 aromatic rings. The lowest BCUT2D eigenvalue weighted by molar-refractivity contribution is 0.111. The largest absolute Gasteiger partial charge is 0.505 e. The zero-order valence-electron chi connectivity index (χ0n) is 9.69. The van der Waals surface area contributed by atoms with Crippen LogP contribution in [-0.2, 0) is 6.54 Å². The number of halogens is 1. The molecule has 0 radical (unpaired) electrons. The average molecular weight is 239 g/mol. The Kier molecular flexibility index (Phi) is 3.97. The third-order valence-corrected chi connectivity index (χ3v) is 3.25. The molecular formula is C13H18FNO2. The molecule has 0 aliphatic heterocycles. The second kappa shape index (κ2) is 5.47. The van der Waals surface area contributed by atoms with Crippen LogP contribution in [0, 0.1) is 5.82 Å². The molecule has 0 bridgehead atoms. The Balaban J connectivity index is 1.86. The zero-order valence-corrected chi connectivity index (χ0v) is 9.69. The minimum atomic E-state index is -0.590. The lowest BCUT2D eigenvalue weighted by Crippen LogP contribution is -2.35. The molecule has 4 heteroatoms. The van der Waals surface area contributed by atoms with Crippen LogP contribution < -0.4 is 5.32 Å². The van der Waals surface area contributed by atoms with Gasteiger partial charge in [-0.1, -0.05) is 6.07 Å². The molecule has 0 saturated heterocycles. The average Bonchev–Trinajstić information content (AvgIpc) is 2.31. The van der Waals surface area contributed by atoms with Gasteiger partial charge in [0.15, 0.2) is 11.6 Å². The van der Waals surface area contributed by atoms with Gasteiger partial charge in [-0.05, 0) is 43.4 Å². The number of benzene rings is 1. The number of phenolic OH excluding ortho intramolecular Hbond substituents is 1. The van der Waals surface area contributed by atoms with Crippen molar-refractivity contribution < 1.29 is 14.6 Å². The van der Waals surface area contributed by atoms with E-state index in [1.54, 1.807) is 6.07 Å². The summed E-state index contributed by atoms with van der Waals surface area (Å²) in [5, 5.41) is 21.9. The molecule has 1 saturated carbocycles. The van der Waals surface area contributed by atoms with Crippen molar-refractivity contribution in [3.05, 3.63) is 29.6 Å². The van der Waals surface area contributed by atoms with E-state index in [4.69, 9.17) is 5.11 Å². The summed E-state index contributed by atoms with van der Waals surface area (Å²) in [5.74, 6) is -0.908. The number of aromatic hydroxyl groups is 1. The van der Waals surface area contributed by atoms with Crippen LogP contribution in [0.4, 0.5) is 4.39 Å². The second-order valence-electron chi connectivity index (χ2n) is 4.68. The fourth-order valence-corrected chi connectivity index (χ4v) is 2.27. The van der Waals surface area contributed by atoms with Crippen molar-refractivity contribution in [2.45, 2.75) is 44.4 Å². The summed E-state index contributed by atoms with van der Waals surface area (Å²) in [7, 11) is 0. The van der Waals surface area contributed by atoms with Crippen molar-refractivity contribution in [1.82, 2.24) is 5.32 Å². The van der Waals surface area contributed by atoms with Gasteiger partial charge in [0, 0.05) is 12.6 Å². The first-order chi connectivity index (χ1) is 8.15. The predicted octanol–water partition coefficient (Wildman–Crippen LogP) is 1.92. The van der Waals surface area contributed by atoms with E-state index in [1.807, 2.05) is 0 Å². The van der Waals surface area contributed by atoms with Crippen molar-refractivity contribution >= 4 is 0 Å². The highest BCUT2D eigenvalue weighted by molar-refractivity contribution is 5.27.